The number of aromatic carboxylic acids is 1. The summed E-state index contributed by atoms with van der Waals surface area (Å²) in [7, 11) is 0. The van der Waals surface area contributed by atoms with Gasteiger partial charge in [0.15, 0.2) is 0 Å². The van der Waals surface area contributed by atoms with E-state index in [4.69, 9.17) is 5.11 Å². The third kappa shape index (κ3) is 1.28. The number of fused-ring (bicyclic) bond motifs is 1. The van der Waals surface area contributed by atoms with Crippen LogP contribution in [0.25, 0.3) is 10.1 Å². The van der Waals surface area contributed by atoms with Gasteiger partial charge in [0.25, 0.3) is 0 Å². The van der Waals surface area contributed by atoms with Gasteiger partial charge in [0.05, 0.1) is 5.56 Å². The van der Waals surface area contributed by atoms with Crippen molar-refractivity contribution in [3.8, 4) is 0 Å². The van der Waals surface area contributed by atoms with E-state index in [0.717, 1.165) is 4.70 Å². The number of aryl methyl sites for hydroxylation is 1. The average molecular weight is 210 g/mol. The summed E-state index contributed by atoms with van der Waals surface area (Å²) in [6.45, 7) is 1.73. The maximum Gasteiger partial charge on any atom is 0.337 e. The molecule has 0 amide bonds. The van der Waals surface area contributed by atoms with Crippen LogP contribution >= 0.6 is 11.3 Å². The summed E-state index contributed by atoms with van der Waals surface area (Å²) in [4.78, 5) is 11.6. The number of rotatable bonds is 1. The highest BCUT2D eigenvalue weighted by molar-refractivity contribution is 7.19. The van der Waals surface area contributed by atoms with E-state index in [1.54, 1.807) is 13.0 Å². The molecule has 0 aliphatic rings. The number of hydrogen-bond donors (Lipinski definition) is 1. The van der Waals surface area contributed by atoms with E-state index in [1.165, 1.54) is 23.5 Å². The van der Waals surface area contributed by atoms with Crippen molar-refractivity contribution in [2.24, 2.45) is 0 Å². The lowest BCUT2D eigenvalue weighted by atomic mass is 10.1. The lowest BCUT2D eigenvalue weighted by Gasteiger charge is -1.93. The number of carboxylic acids is 1. The summed E-state index contributed by atoms with van der Waals surface area (Å²) in [5.41, 5.74) is 0.213. The van der Waals surface area contributed by atoms with E-state index in [1.807, 2.05) is 0 Å². The Morgan fingerprint density at radius 1 is 1.50 bits per heavy atom. The second-order valence-corrected chi connectivity index (χ2v) is 4.24. The summed E-state index contributed by atoms with van der Waals surface area (Å²) in [5, 5.41) is 9.41. The Bertz CT molecular complexity index is 516. The first-order chi connectivity index (χ1) is 6.59. The summed E-state index contributed by atoms with van der Waals surface area (Å²) in [5.74, 6) is -1.41. The number of halogens is 1. The zero-order chi connectivity index (χ0) is 10.3. The third-order valence-electron chi connectivity index (χ3n) is 2.04. The normalized spacial score (nSPS) is 10.7. The SMILES string of the molecule is Cc1sc2ccc(F)cc2c1C(=O)O. The van der Waals surface area contributed by atoms with Gasteiger partial charge < -0.3 is 5.11 Å². The van der Waals surface area contributed by atoms with Crippen molar-refractivity contribution in [3.05, 3.63) is 34.5 Å². The molecule has 0 radical (unpaired) electrons. The largest absolute Gasteiger partial charge is 0.478 e. The Morgan fingerprint density at radius 2 is 2.21 bits per heavy atom. The smallest absolute Gasteiger partial charge is 0.337 e. The van der Waals surface area contributed by atoms with Gasteiger partial charge in [0.1, 0.15) is 5.82 Å². The lowest BCUT2D eigenvalue weighted by molar-refractivity contribution is 0.0699. The molecule has 1 N–H and O–H groups in total. The molecule has 0 aliphatic carbocycles. The fourth-order valence-electron chi connectivity index (χ4n) is 1.46. The molecular weight excluding hydrogens is 203 g/mol. The average Bonchev–Trinajstić information content (AvgIpc) is 2.40. The first kappa shape index (κ1) is 9.15. The molecule has 1 aromatic heterocycles. The number of carbonyl (C=O) groups is 1. The van der Waals surface area contributed by atoms with Crippen LogP contribution < -0.4 is 0 Å². The van der Waals surface area contributed by atoms with Gasteiger partial charge in [-0.3, -0.25) is 0 Å². The molecule has 2 aromatic rings. The topological polar surface area (TPSA) is 37.3 Å². The van der Waals surface area contributed by atoms with Crippen LogP contribution in [0.5, 0.6) is 0 Å². The highest BCUT2D eigenvalue weighted by Crippen LogP contribution is 2.31. The van der Waals surface area contributed by atoms with Gasteiger partial charge in [0, 0.05) is 15.0 Å². The van der Waals surface area contributed by atoms with Gasteiger partial charge in [-0.1, -0.05) is 0 Å². The molecule has 14 heavy (non-hydrogen) atoms. The van der Waals surface area contributed by atoms with Crippen LogP contribution in [-0.2, 0) is 0 Å². The Balaban J connectivity index is 2.86. The molecule has 0 bridgehead atoms. The van der Waals surface area contributed by atoms with Crippen LogP contribution in [0.2, 0.25) is 0 Å². The fraction of sp³-hybridized carbons (Fsp3) is 0.100. The molecule has 0 saturated carbocycles. The van der Waals surface area contributed by atoms with Crippen molar-refractivity contribution in [2.45, 2.75) is 6.92 Å². The molecule has 0 fully saturated rings. The first-order valence-electron chi connectivity index (χ1n) is 4.01. The van der Waals surface area contributed by atoms with Crippen LogP contribution in [0.3, 0.4) is 0 Å². The predicted molar refractivity (Wildman–Crippen MR) is 53.5 cm³/mol. The molecule has 2 rings (SSSR count). The van der Waals surface area contributed by atoms with Gasteiger partial charge in [-0.2, -0.15) is 0 Å². The van der Waals surface area contributed by atoms with Gasteiger partial charge in [-0.05, 0) is 25.1 Å². The van der Waals surface area contributed by atoms with E-state index < -0.39 is 11.8 Å². The number of hydrogen-bond acceptors (Lipinski definition) is 2. The quantitative estimate of drug-likeness (QED) is 0.785. The number of carboxylic acid groups (broad SMARTS) is 1. The van der Waals surface area contributed by atoms with Crippen molar-refractivity contribution in [1.82, 2.24) is 0 Å². The lowest BCUT2D eigenvalue weighted by Crippen LogP contribution is -1.96. The van der Waals surface area contributed by atoms with Crippen molar-refractivity contribution in [2.75, 3.05) is 0 Å². The van der Waals surface area contributed by atoms with Gasteiger partial charge in [-0.15, -0.1) is 11.3 Å². The molecule has 0 atom stereocenters. The molecule has 0 spiro atoms. The predicted octanol–water partition coefficient (Wildman–Crippen LogP) is 3.05. The Hall–Kier alpha value is -1.42. The molecule has 2 nitrogen and oxygen atoms in total. The van der Waals surface area contributed by atoms with Crippen LogP contribution in [0.15, 0.2) is 18.2 Å². The zero-order valence-electron chi connectivity index (χ0n) is 7.37. The Morgan fingerprint density at radius 3 is 2.86 bits per heavy atom. The Labute approximate surface area is 83.6 Å². The van der Waals surface area contributed by atoms with Crippen LogP contribution in [0.1, 0.15) is 15.2 Å². The zero-order valence-corrected chi connectivity index (χ0v) is 8.19. The summed E-state index contributed by atoms with van der Waals surface area (Å²) in [6.07, 6.45) is 0. The minimum Gasteiger partial charge on any atom is -0.478 e. The number of benzene rings is 1. The van der Waals surface area contributed by atoms with E-state index in [2.05, 4.69) is 0 Å². The van der Waals surface area contributed by atoms with Crippen molar-refractivity contribution < 1.29 is 14.3 Å². The minimum atomic E-state index is -1.00. The van der Waals surface area contributed by atoms with E-state index in [-0.39, 0.29) is 5.56 Å². The van der Waals surface area contributed by atoms with Crippen LogP contribution in [-0.4, -0.2) is 11.1 Å². The Kier molecular flexibility index (Phi) is 2.00. The van der Waals surface area contributed by atoms with Crippen LogP contribution in [0.4, 0.5) is 4.39 Å². The molecule has 72 valence electrons. The van der Waals surface area contributed by atoms with Crippen LogP contribution in [0, 0.1) is 12.7 Å². The van der Waals surface area contributed by atoms with Gasteiger partial charge >= 0.3 is 5.97 Å². The highest BCUT2D eigenvalue weighted by Gasteiger charge is 2.15. The molecule has 4 heteroatoms. The van der Waals surface area contributed by atoms with Gasteiger partial charge in [0.2, 0.25) is 0 Å². The molecular formula is C10H7FO2S. The van der Waals surface area contributed by atoms with Crippen molar-refractivity contribution >= 4 is 27.4 Å². The number of thiophene rings is 1. The van der Waals surface area contributed by atoms with E-state index in [9.17, 15) is 9.18 Å². The van der Waals surface area contributed by atoms with Crippen molar-refractivity contribution in [1.29, 1.82) is 0 Å². The minimum absolute atomic E-state index is 0.213. The second kappa shape index (κ2) is 3.06. The van der Waals surface area contributed by atoms with E-state index in [0.29, 0.717) is 10.3 Å². The van der Waals surface area contributed by atoms with E-state index >= 15 is 0 Å². The standard InChI is InChI=1S/C10H7FO2S/c1-5-9(10(12)13)7-4-6(11)2-3-8(7)14-5/h2-4H,1H3,(H,12,13). The third-order valence-corrected chi connectivity index (χ3v) is 3.13. The molecule has 1 heterocycles. The maximum atomic E-state index is 12.9. The van der Waals surface area contributed by atoms with Gasteiger partial charge in [-0.25, -0.2) is 9.18 Å². The molecule has 0 aliphatic heterocycles. The van der Waals surface area contributed by atoms with Crippen molar-refractivity contribution in [3.63, 3.8) is 0 Å². The molecule has 0 unspecified atom stereocenters. The summed E-state index contributed by atoms with van der Waals surface area (Å²) < 4.78 is 13.7. The molecule has 1 aromatic carbocycles. The molecule has 0 saturated heterocycles. The maximum absolute atomic E-state index is 12.9. The summed E-state index contributed by atoms with van der Waals surface area (Å²) >= 11 is 1.37. The fourth-order valence-corrected chi connectivity index (χ4v) is 2.49. The monoisotopic (exact) mass is 210 g/mol. The second-order valence-electron chi connectivity index (χ2n) is 2.98. The summed E-state index contributed by atoms with van der Waals surface area (Å²) in [6, 6.07) is 4.21. The highest BCUT2D eigenvalue weighted by atomic mass is 32.1. The first-order valence-corrected chi connectivity index (χ1v) is 4.83.